The van der Waals surface area contributed by atoms with E-state index in [1.807, 2.05) is 0 Å². The second-order valence-corrected chi connectivity index (χ2v) is 13.0. The van der Waals surface area contributed by atoms with E-state index in [0.717, 1.165) is 51.0 Å². The lowest BCUT2D eigenvalue weighted by Gasteiger charge is -2.31. The summed E-state index contributed by atoms with van der Waals surface area (Å²) in [6, 6.07) is 6.71. The number of methoxy groups -OCH3 is 1. The van der Waals surface area contributed by atoms with Gasteiger partial charge in [-0.1, -0.05) is 0 Å². The summed E-state index contributed by atoms with van der Waals surface area (Å²) in [6.07, 6.45) is 5.35. The number of carbonyl (C=O) groups is 1. The predicted molar refractivity (Wildman–Crippen MR) is 167 cm³/mol. The molecular formula is C29H33F2N6O7PS. The summed E-state index contributed by atoms with van der Waals surface area (Å²) < 4.78 is 53.8. The van der Waals surface area contributed by atoms with Crippen LogP contribution in [0.25, 0.3) is 10.9 Å². The first kappa shape index (κ1) is 33.6. The second-order valence-electron chi connectivity index (χ2n) is 10.6. The molecule has 1 saturated heterocycles. The van der Waals surface area contributed by atoms with E-state index in [0.29, 0.717) is 44.8 Å². The molecule has 246 valence electrons. The van der Waals surface area contributed by atoms with Gasteiger partial charge in [0.15, 0.2) is 28.3 Å². The molecule has 1 amide bonds. The van der Waals surface area contributed by atoms with Crippen molar-refractivity contribution in [3.05, 3.63) is 59.4 Å². The molecule has 17 heteroatoms. The first-order valence-electron chi connectivity index (χ1n) is 14.4. The lowest BCUT2D eigenvalue weighted by atomic mass is 9.98. The molecule has 1 aliphatic rings. The fraction of sp³-hybridized carbons (Fsp3) is 0.379. The average Bonchev–Trinajstić information content (AvgIpc) is 3.46. The maximum absolute atomic E-state index is 13.4. The molecule has 0 spiro atoms. The standard InChI is InChI=1S/C29H33F2N6O7PS/c1-42-25-13-21-24(14-26(25)43-10-2-7-37-8-5-18(6-9-37)16-44-45(39,40)41)33-17-34-28(21)36-29-32-15-20(46-29)12-27(38)35-19-3-4-22(30)23(31)11-19/h3-4,11,13-15,17-18H,2,5-10,12,16H2,1H3,(H,35,38)(H2,39,40,41)(H,32,33,34,36). The summed E-state index contributed by atoms with van der Waals surface area (Å²) in [5.41, 5.74) is 0.776. The zero-order valence-electron chi connectivity index (χ0n) is 24.8. The highest BCUT2D eigenvalue weighted by Crippen LogP contribution is 2.38. The third-order valence-electron chi connectivity index (χ3n) is 7.30. The number of fused-ring (bicyclic) bond motifs is 1. The lowest BCUT2D eigenvalue weighted by molar-refractivity contribution is -0.115. The molecule has 46 heavy (non-hydrogen) atoms. The van der Waals surface area contributed by atoms with Crippen molar-refractivity contribution in [2.75, 3.05) is 50.6 Å². The SMILES string of the molecule is COc1cc2c(Nc3ncc(CC(=O)Nc4ccc(F)c(F)c4)s3)ncnc2cc1OCCCN1CCC(COP(=O)(O)O)CC1. The number of benzene rings is 2. The van der Waals surface area contributed by atoms with Crippen molar-refractivity contribution in [3.63, 3.8) is 0 Å². The third kappa shape index (κ3) is 9.37. The van der Waals surface area contributed by atoms with Crippen LogP contribution in [0.1, 0.15) is 24.1 Å². The molecule has 0 aliphatic carbocycles. The van der Waals surface area contributed by atoms with Gasteiger partial charge in [-0.15, -0.1) is 11.3 Å². The molecule has 2 aromatic carbocycles. The molecule has 1 fully saturated rings. The Morgan fingerprint density at radius 2 is 1.91 bits per heavy atom. The normalized spacial score (nSPS) is 14.4. The van der Waals surface area contributed by atoms with Crippen LogP contribution in [-0.2, 0) is 20.3 Å². The first-order valence-corrected chi connectivity index (χ1v) is 16.8. The minimum absolute atomic E-state index is 0.00991. The fourth-order valence-corrected chi connectivity index (χ4v) is 6.19. The molecule has 2 aromatic heterocycles. The van der Waals surface area contributed by atoms with E-state index in [1.54, 1.807) is 25.4 Å². The van der Waals surface area contributed by atoms with Crippen LogP contribution in [0.15, 0.2) is 42.9 Å². The van der Waals surface area contributed by atoms with Crippen molar-refractivity contribution in [1.82, 2.24) is 19.9 Å². The lowest BCUT2D eigenvalue weighted by Crippen LogP contribution is -2.36. The molecule has 0 bridgehead atoms. The van der Waals surface area contributed by atoms with Crippen LogP contribution >= 0.6 is 19.2 Å². The van der Waals surface area contributed by atoms with Gasteiger partial charge in [0.05, 0.1) is 32.3 Å². The number of likely N-dealkylation sites (tertiary alicyclic amines) is 1. The zero-order chi connectivity index (χ0) is 32.7. The molecule has 0 radical (unpaired) electrons. The molecule has 13 nitrogen and oxygen atoms in total. The maximum Gasteiger partial charge on any atom is 0.469 e. The molecule has 0 unspecified atom stereocenters. The summed E-state index contributed by atoms with van der Waals surface area (Å²) in [6.45, 7) is 2.99. The van der Waals surface area contributed by atoms with E-state index >= 15 is 0 Å². The van der Waals surface area contributed by atoms with Crippen LogP contribution < -0.4 is 20.1 Å². The predicted octanol–water partition coefficient (Wildman–Crippen LogP) is 4.89. The van der Waals surface area contributed by atoms with Gasteiger partial charge < -0.3 is 34.8 Å². The number of anilines is 3. The molecule has 3 heterocycles. The molecule has 1 aliphatic heterocycles. The number of nitrogens with one attached hydrogen (secondary N) is 2. The minimum Gasteiger partial charge on any atom is -0.493 e. The zero-order valence-corrected chi connectivity index (χ0v) is 26.5. The Hall–Kier alpha value is -3.79. The smallest absolute Gasteiger partial charge is 0.469 e. The Bertz CT molecular complexity index is 1720. The number of rotatable bonds is 14. The van der Waals surface area contributed by atoms with E-state index in [1.165, 1.54) is 23.7 Å². The summed E-state index contributed by atoms with van der Waals surface area (Å²) >= 11 is 1.25. The van der Waals surface area contributed by atoms with E-state index in [2.05, 4.69) is 35.0 Å². The summed E-state index contributed by atoms with van der Waals surface area (Å²) in [4.78, 5) is 46.2. The number of ether oxygens (including phenoxy) is 2. The van der Waals surface area contributed by atoms with Gasteiger partial charge in [0.2, 0.25) is 5.91 Å². The quantitative estimate of drug-likeness (QED) is 0.105. The number of hydrogen-bond acceptors (Lipinski definition) is 11. The number of hydrogen-bond donors (Lipinski definition) is 4. The van der Waals surface area contributed by atoms with Crippen LogP contribution in [0.5, 0.6) is 11.5 Å². The molecule has 4 aromatic rings. The number of phosphoric ester groups is 1. The van der Waals surface area contributed by atoms with Gasteiger partial charge in [-0.05, 0) is 56.5 Å². The number of nitrogens with zero attached hydrogens (tertiary/aromatic N) is 4. The Balaban J connectivity index is 1.13. The van der Waals surface area contributed by atoms with Gasteiger partial charge >= 0.3 is 7.82 Å². The van der Waals surface area contributed by atoms with E-state index in [4.69, 9.17) is 19.3 Å². The molecule has 4 N–H and O–H groups in total. The highest BCUT2D eigenvalue weighted by atomic mass is 32.1. The van der Waals surface area contributed by atoms with Crippen LogP contribution in [0.4, 0.5) is 25.4 Å². The summed E-state index contributed by atoms with van der Waals surface area (Å²) in [5.74, 6) is -0.780. The van der Waals surface area contributed by atoms with Crippen LogP contribution in [0.3, 0.4) is 0 Å². The molecule has 0 atom stereocenters. The summed E-state index contributed by atoms with van der Waals surface area (Å²) in [7, 11) is -2.89. The average molecular weight is 679 g/mol. The van der Waals surface area contributed by atoms with E-state index in [-0.39, 0.29) is 24.6 Å². The maximum atomic E-state index is 13.4. The van der Waals surface area contributed by atoms with E-state index in [9.17, 15) is 18.1 Å². The Morgan fingerprint density at radius 1 is 1.11 bits per heavy atom. The number of amides is 1. The van der Waals surface area contributed by atoms with Gasteiger partial charge in [-0.2, -0.15) is 0 Å². The molecular weight excluding hydrogens is 645 g/mol. The first-order chi connectivity index (χ1) is 22.1. The second kappa shape index (κ2) is 15.2. The van der Waals surface area contributed by atoms with Crippen molar-refractivity contribution in [1.29, 1.82) is 0 Å². The third-order valence-corrected chi connectivity index (χ3v) is 8.70. The summed E-state index contributed by atoms with van der Waals surface area (Å²) in [5, 5.41) is 6.87. The minimum atomic E-state index is -4.44. The molecule has 0 saturated carbocycles. The van der Waals surface area contributed by atoms with Gasteiger partial charge in [-0.3, -0.25) is 9.32 Å². The monoisotopic (exact) mass is 678 g/mol. The van der Waals surface area contributed by atoms with Crippen molar-refractivity contribution in [2.45, 2.75) is 25.7 Å². The number of phosphoric acid groups is 1. The topological polar surface area (TPSA) is 168 Å². The Labute approximate surface area is 267 Å². The van der Waals surface area contributed by atoms with Crippen LogP contribution in [0, 0.1) is 17.6 Å². The number of aromatic nitrogens is 3. The Morgan fingerprint density at radius 3 is 2.65 bits per heavy atom. The van der Waals surface area contributed by atoms with Gasteiger partial charge in [0.25, 0.3) is 0 Å². The van der Waals surface area contributed by atoms with Crippen molar-refractivity contribution in [3.8, 4) is 11.5 Å². The highest BCUT2D eigenvalue weighted by Gasteiger charge is 2.23. The van der Waals surface area contributed by atoms with Crippen LogP contribution in [0.2, 0.25) is 0 Å². The van der Waals surface area contributed by atoms with Gasteiger partial charge in [0.1, 0.15) is 12.1 Å². The number of thiazole rings is 1. The van der Waals surface area contributed by atoms with Gasteiger partial charge in [-0.25, -0.2) is 28.3 Å². The largest absolute Gasteiger partial charge is 0.493 e. The number of carbonyl (C=O) groups excluding carboxylic acids is 1. The number of halogens is 2. The van der Waals surface area contributed by atoms with Gasteiger partial charge in [0, 0.05) is 40.8 Å². The van der Waals surface area contributed by atoms with Crippen molar-refractivity contribution in [2.24, 2.45) is 5.92 Å². The van der Waals surface area contributed by atoms with Crippen molar-refractivity contribution >= 4 is 52.6 Å². The fourth-order valence-electron chi connectivity index (χ4n) is 4.97. The number of piperidine rings is 1. The highest BCUT2D eigenvalue weighted by molar-refractivity contribution is 7.46. The van der Waals surface area contributed by atoms with Crippen molar-refractivity contribution < 1.29 is 41.9 Å². The van der Waals surface area contributed by atoms with Crippen LogP contribution in [-0.4, -0.2) is 75.5 Å². The molecule has 5 rings (SSSR count). The Kier molecular flexibility index (Phi) is 11.1. The van der Waals surface area contributed by atoms with E-state index < -0.39 is 25.4 Å².